The van der Waals surface area contributed by atoms with Gasteiger partial charge in [-0.3, -0.25) is 9.59 Å². The van der Waals surface area contributed by atoms with Crippen molar-refractivity contribution in [3.8, 4) is 5.75 Å². The third-order valence-electron chi connectivity index (χ3n) is 5.97. The van der Waals surface area contributed by atoms with Gasteiger partial charge in [0.1, 0.15) is 18.2 Å². The summed E-state index contributed by atoms with van der Waals surface area (Å²) < 4.78 is 6.02. The molecule has 1 saturated heterocycles. The van der Waals surface area contributed by atoms with Gasteiger partial charge in [0.05, 0.1) is 17.3 Å². The van der Waals surface area contributed by atoms with Crippen molar-refractivity contribution in [2.24, 2.45) is 0 Å². The number of anilines is 4. The molecule has 3 aliphatic rings. The molecule has 0 unspecified atom stereocenters. The number of aromatic nitrogens is 2. The number of benzene rings is 1. The standard InChI is InChI=1S/C22H26N6O3/c1-13(29)18-10-23-22(26-21(18)24-15-3-4-15)25-16-5-6-19-20(9-16)31-12-17-11-27(14(2)30)7-8-28(17)19/h5-6,9-10,15,17H,3-4,7-8,11-12H2,1-2H3,(H2,23,24,25,26)/t17-/m0/s1. The van der Waals surface area contributed by atoms with Crippen LogP contribution < -0.4 is 20.3 Å². The second kappa shape index (κ2) is 7.72. The van der Waals surface area contributed by atoms with Crippen molar-refractivity contribution in [3.63, 3.8) is 0 Å². The summed E-state index contributed by atoms with van der Waals surface area (Å²) >= 11 is 0. The molecule has 1 saturated carbocycles. The highest BCUT2D eigenvalue weighted by molar-refractivity contribution is 5.98. The number of ether oxygens (including phenoxy) is 1. The lowest BCUT2D eigenvalue weighted by Gasteiger charge is -2.45. The van der Waals surface area contributed by atoms with Gasteiger partial charge in [-0.2, -0.15) is 4.98 Å². The van der Waals surface area contributed by atoms with Crippen molar-refractivity contribution in [2.75, 3.05) is 41.8 Å². The number of carbonyl (C=O) groups excluding carboxylic acids is 2. The van der Waals surface area contributed by atoms with Gasteiger partial charge in [-0.25, -0.2) is 4.98 Å². The molecule has 1 aromatic heterocycles. The minimum atomic E-state index is -0.0590. The molecule has 2 fully saturated rings. The number of Topliss-reactive ketones (excluding diaryl/α,β-unsaturated/α-hetero) is 1. The van der Waals surface area contributed by atoms with Crippen LogP contribution in [0.15, 0.2) is 24.4 Å². The minimum Gasteiger partial charge on any atom is -0.489 e. The Balaban J connectivity index is 1.34. The molecular formula is C22H26N6O3. The molecule has 2 aromatic rings. The van der Waals surface area contributed by atoms with Gasteiger partial charge in [-0.05, 0) is 31.9 Å². The Kier molecular flexibility index (Phi) is 4.88. The van der Waals surface area contributed by atoms with Crippen molar-refractivity contribution in [3.05, 3.63) is 30.0 Å². The van der Waals surface area contributed by atoms with E-state index >= 15 is 0 Å². The fourth-order valence-electron chi connectivity index (χ4n) is 4.09. The monoisotopic (exact) mass is 422 g/mol. The third kappa shape index (κ3) is 3.99. The maximum absolute atomic E-state index is 11.9. The number of piperazine rings is 1. The summed E-state index contributed by atoms with van der Waals surface area (Å²) in [5, 5.41) is 6.54. The van der Waals surface area contributed by atoms with Crippen LogP contribution in [0.5, 0.6) is 5.75 Å². The highest BCUT2D eigenvalue weighted by Crippen LogP contribution is 2.38. The molecule has 162 valence electrons. The molecular weight excluding hydrogens is 396 g/mol. The SMILES string of the molecule is CC(=O)c1cnc(Nc2ccc3c(c2)OC[C@@H]2CN(C(C)=O)CCN32)nc1NC1CC1. The average molecular weight is 422 g/mol. The first-order valence-corrected chi connectivity index (χ1v) is 10.7. The van der Waals surface area contributed by atoms with E-state index in [1.807, 2.05) is 23.1 Å². The predicted molar refractivity (Wildman–Crippen MR) is 117 cm³/mol. The molecule has 9 nitrogen and oxygen atoms in total. The normalized spacial score (nSPS) is 19.7. The number of carbonyl (C=O) groups is 2. The summed E-state index contributed by atoms with van der Waals surface area (Å²) in [5.74, 6) is 1.85. The molecule has 31 heavy (non-hydrogen) atoms. The van der Waals surface area contributed by atoms with Gasteiger partial charge >= 0.3 is 0 Å². The van der Waals surface area contributed by atoms with Crippen LogP contribution in [-0.4, -0.2) is 64.9 Å². The van der Waals surface area contributed by atoms with Crippen LogP contribution in [0.25, 0.3) is 0 Å². The van der Waals surface area contributed by atoms with Crippen LogP contribution in [0.3, 0.4) is 0 Å². The summed E-state index contributed by atoms with van der Waals surface area (Å²) in [6.45, 7) is 5.87. The average Bonchev–Trinajstić information content (AvgIpc) is 3.57. The van der Waals surface area contributed by atoms with Gasteiger partial charge in [-0.1, -0.05) is 0 Å². The highest BCUT2D eigenvalue weighted by Gasteiger charge is 2.33. The van der Waals surface area contributed by atoms with Gasteiger partial charge in [0.2, 0.25) is 11.9 Å². The quantitative estimate of drug-likeness (QED) is 0.709. The maximum atomic E-state index is 11.9. The molecule has 1 aliphatic carbocycles. The molecule has 0 spiro atoms. The van der Waals surface area contributed by atoms with Crippen LogP contribution in [0, 0.1) is 0 Å². The first-order valence-electron chi connectivity index (χ1n) is 10.7. The van der Waals surface area contributed by atoms with Gasteiger partial charge in [0.15, 0.2) is 5.78 Å². The Morgan fingerprint density at radius 1 is 1.19 bits per heavy atom. The molecule has 2 N–H and O–H groups in total. The summed E-state index contributed by atoms with van der Waals surface area (Å²) in [7, 11) is 0. The number of nitrogens with one attached hydrogen (secondary N) is 2. The highest BCUT2D eigenvalue weighted by atomic mass is 16.5. The molecule has 9 heteroatoms. The zero-order chi connectivity index (χ0) is 21.5. The Labute approximate surface area is 180 Å². The van der Waals surface area contributed by atoms with Crippen LogP contribution in [0.4, 0.5) is 23.1 Å². The molecule has 1 atom stereocenters. The first kappa shape index (κ1) is 19.6. The third-order valence-corrected chi connectivity index (χ3v) is 5.97. The van der Waals surface area contributed by atoms with Crippen molar-refractivity contribution in [1.29, 1.82) is 0 Å². The Bertz CT molecular complexity index is 1040. The lowest BCUT2D eigenvalue weighted by molar-refractivity contribution is -0.129. The van der Waals surface area contributed by atoms with Crippen molar-refractivity contribution >= 4 is 34.8 Å². The largest absolute Gasteiger partial charge is 0.489 e. The molecule has 1 aromatic carbocycles. The number of nitrogens with zero attached hydrogens (tertiary/aromatic N) is 4. The van der Waals surface area contributed by atoms with Crippen molar-refractivity contribution in [2.45, 2.75) is 38.8 Å². The van der Waals surface area contributed by atoms with Crippen molar-refractivity contribution < 1.29 is 14.3 Å². The number of fused-ring (bicyclic) bond motifs is 3. The maximum Gasteiger partial charge on any atom is 0.229 e. The molecule has 2 aliphatic heterocycles. The Morgan fingerprint density at radius 3 is 2.77 bits per heavy atom. The van der Waals surface area contributed by atoms with E-state index in [1.54, 1.807) is 13.1 Å². The summed E-state index contributed by atoms with van der Waals surface area (Å²) in [6, 6.07) is 6.49. The minimum absolute atomic E-state index is 0.0590. The summed E-state index contributed by atoms with van der Waals surface area (Å²) in [4.78, 5) is 36.6. The van der Waals surface area contributed by atoms with E-state index in [9.17, 15) is 9.59 Å². The lowest BCUT2D eigenvalue weighted by Crippen LogP contribution is -2.58. The number of hydrogen-bond acceptors (Lipinski definition) is 8. The number of ketones is 1. The smallest absolute Gasteiger partial charge is 0.229 e. The molecule has 5 rings (SSSR count). The van der Waals surface area contributed by atoms with Crippen molar-refractivity contribution in [1.82, 2.24) is 14.9 Å². The van der Waals surface area contributed by atoms with E-state index in [1.165, 1.54) is 6.92 Å². The molecule has 0 radical (unpaired) electrons. The van der Waals surface area contributed by atoms with Gasteiger partial charge in [0.25, 0.3) is 0 Å². The van der Waals surface area contributed by atoms with E-state index in [4.69, 9.17) is 4.74 Å². The Morgan fingerprint density at radius 2 is 2.03 bits per heavy atom. The van der Waals surface area contributed by atoms with E-state index < -0.39 is 0 Å². The number of rotatable bonds is 5. The molecule has 1 amide bonds. The van der Waals surface area contributed by atoms with E-state index in [2.05, 4.69) is 25.5 Å². The van der Waals surface area contributed by atoms with Crippen LogP contribution in [-0.2, 0) is 4.79 Å². The summed E-state index contributed by atoms with van der Waals surface area (Å²) in [6.07, 6.45) is 3.75. The predicted octanol–water partition coefficient (Wildman–Crippen LogP) is 2.43. The second-order valence-electron chi connectivity index (χ2n) is 8.36. The van der Waals surface area contributed by atoms with E-state index in [-0.39, 0.29) is 17.7 Å². The number of amides is 1. The second-order valence-corrected chi connectivity index (χ2v) is 8.36. The topological polar surface area (TPSA) is 99.7 Å². The summed E-state index contributed by atoms with van der Waals surface area (Å²) in [5.41, 5.74) is 2.35. The van der Waals surface area contributed by atoms with E-state index in [0.717, 1.165) is 43.1 Å². The molecule has 3 heterocycles. The lowest BCUT2D eigenvalue weighted by atomic mass is 10.1. The van der Waals surface area contributed by atoms with Gasteiger partial charge in [0, 0.05) is 50.6 Å². The zero-order valence-electron chi connectivity index (χ0n) is 17.7. The zero-order valence-corrected chi connectivity index (χ0v) is 17.7. The fourth-order valence-corrected chi connectivity index (χ4v) is 4.09. The van der Waals surface area contributed by atoms with Gasteiger partial charge < -0.3 is 25.2 Å². The number of hydrogen-bond donors (Lipinski definition) is 2. The van der Waals surface area contributed by atoms with Gasteiger partial charge in [-0.15, -0.1) is 0 Å². The van der Waals surface area contributed by atoms with Crippen LogP contribution in [0.2, 0.25) is 0 Å². The van der Waals surface area contributed by atoms with Crippen LogP contribution >= 0.6 is 0 Å². The fraction of sp³-hybridized carbons (Fsp3) is 0.455. The Hall–Kier alpha value is -3.36. The first-order chi connectivity index (χ1) is 15.0. The van der Waals surface area contributed by atoms with E-state index in [0.29, 0.717) is 36.5 Å². The molecule has 0 bridgehead atoms. The van der Waals surface area contributed by atoms with Crippen LogP contribution in [0.1, 0.15) is 37.0 Å².